The highest BCUT2D eigenvalue weighted by Crippen LogP contribution is 2.34. The van der Waals surface area contributed by atoms with Crippen molar-refractivity contribution in [2.75, 3.05) is 32.7 Å². The van der Waals surface area contributed by atoms with Gasteiger partial charge in [-0.3, -0.25) is 4.79 Å². The Morgan fingerprint density at radius 1 is 1.28 bits per heavy atom. The van der Waals surface area contributed by atoms with Gasteiger partial charge in [0.25, 0.3) is 0 Å². The third-order valence-electron chi connectivity index (χ3n) is 5.95. The van der Waals surface area contributed by atoms with Crippen LogP contribution in [0.3, 0.4) is 0 Å². The van der Waals surface area contributed by atoms with E-state index in [-0.39, 0.29) is 13.0 Å². The minimum atomic E-state index is -0.396. The average Bonchev–Trinajstić information content (AvgIpc) is 2.67. The van der Waals surface area contributed by atoms with Crippen LogP contribution in [-0.2, 0) is 10.2 Å². The fraction of sp³-hybridized carbons (Fsp3) is 0.632. The van der Waals surface area contributed by atoms with Gasteiger partial charge < -0.3 is 20.5 Å². The van der Waals surface area contributed by atoms with Crippen LogP contribution in [0.25, 0.3) is 0 Å². The lowest BCUT2D eigenvalue weighted by Crippen LogP contribution is -2.52. The van der Waals surface area contributed by atoms with E-state index in [0.717, 1.165) is 64.0 Å². The van der Waals surface area contributed by atoms with Crippen LogP contribution in [0.4, 0.5) is 0 Å². The molecular formula is C19H30BN3O2. The highest BCUT2D eigenvalue weighted by Gasteiger charge is 2.41. The summed E-state index contributed by atoms with van der Waals surface area (Å²) >= 11 is 0. The zero-order chi connectivity index (χ0) is 17.7. The predicted molar refractivity (Wildman–Crippen MR) is 101 cm³/mol. The van der Waals surface area contributed by atoms with Crippen LogP contribution < -0.4 is 10.6 Å². The lowest BCUT2D eigenvalue weighted by Gasteiger charge is -2.38. The molecule has 5 nitrogen and oxygen atoms in total. The number of piperidine rings is 2. The molecule has 0 bridgehead atoms. The Hall–Kier alpha value is -1.37. The fourth-order valence-corrected chi connectivity index (χ4v) is 4.19. The lowest BCUT2D eigenvalue weighted by atomic mass is 9.72. The summed E-state index contributed by atoms with van der Waals surface area (Å²) in [4.78, 5) is 15.2. The van der Waals surface area contributed by atoms with E-state index in [1.807, 2.05) is 25.0 Å². The van der Waals surface area contributed by atoms with Crippen LogP contribution in [-0.4, -0.2) is 55.5 Å². The van der Waals surface area contributed by atoms with Crippen LogP contribution in [0.1, 0.15) is 31.2 Å². The van der Waals surface area contributed by atoms with Gasteiger partial charge in [-0.25, -0.2) is 0 Å². The van der Waals surface area contributed by atoms with Gasteiger partial charge in [-0.2, -0.15) is 0 Å². The molecule has 25 heavy (non-hydrogen) atoms. The monoisotopic (exact) mass is 343 g/mol. The molecule has 2 heterocycles. The topological polar surface area (TPSA) is 64.6 Å². The van der Waals surface area contributed by atoms with Crippen molar-refractivity contribution in [1.82, 2.24) is 15.4 Å². The zero-order valence-corrected chi connectivity index (χ0v) is 15.2. The number of hydrogen-bond acceptors (Lipinski definition) is 4. The maximum atomic E-state index is 13.1. The van der Waals surface area contributed by atoms with E-state index >= 15 is 0 Å². The molecule has 136 valence electrons. The summed E-state index contributed by atoms with van der Waals surface area (Å²) < 4.78 is 0. The molecule has 0 unspecified atom stereocenters. The summed E-state index contributed by atoms with van der Waals surface area (Å²) in [6.45, 7) is 6.15. The van der Waals surface area contributed by atoms with E-state index in [0.29, 0.717) is 5.92 Å². The summed E-state index contributed by atoms with van der Waals surface area (Å²) in [5.41, 5.74) is 0.741. The van der Waals surface area contributed by atoms with E-state index in [2.05, 4.69) is 27.6 Å². The van der Waals surface area contributed by atoms with Gasteiger partial charge in [-0.1, -0.05) is 30.3 Å². The Balaban J connectivity index is 1.60. The molecular weight excluding hydrogens is 313 g/mol. The first-order chi connectivity index (χ1) is 12.1. The molecule has 0 aliphatic carbocycles. The lowest BCUT2D eigenvalue weighted by molar-refractivity contribution is -0.128. The van der Waals surface area contributed by atoms with E-state index in [9.17, 15) is 9.82 Å². The number of benzene rings is 1. The van der Waals surface area contributed by atoms with Gasteiger partial charge in [0.2, 0.25) is 5.91 Å². The van der Waals surface area contributed by atoms with E-state index < -0.39 is 5.41 Å². The Kier molecular flexibility index (Phi) is 6.15. The van der Waals surface area contributed by atoms with E-state index in [1.54, 1.807) is 0 Å². The maximum absolute atomic E-state index is 13.1. The van der Waals surface area contributed by atoms with Crippen molar-refractivity contribution in [2.24, 2.45) is 5.92 Å². The molecule has 2 saturated heterocycles. The highest BCUT2D eigenvalue weighted by molar-refractivity contribution is 6.45. The van der Waals surface area contributed by atoms with Gasteiger partial charge in [0.1, 0.15) is 0 Å². The van der Waals surface area contributed by atoms with E-state index in [4.69, 9.17) is 0 Å². The Labute approximate surface area is 151 Å². The summed E-state index contributed by atoms with van der Waals surface area (Å²) in [5.74, 6) is 0.687. The first-order valence-electron chi connectivity index (χ1n) is 9.58. The number of rotatable bonds is 5. The molecule has 0 radical (unpaired) electrons. The van der Waals surface area contributed by atoms with Crippen LogP contribution in [0.2, 0.25) is 6.82 Å². The summed E-state index contributed by atoms with van der Waals surface area (Å²) in [6.07, 6.45) is 3.77. The highest BCUT2D eigenvalue weighted by atomic mass is 16.2. The number of amides is 1. The number of carbonyl (C=O) groups is 1. The molecule has 1 aromatic rings. The normalized spacial score (nSPS) is 21.7. The standard InChI is InChI=1S/C19H30BN3O2/c1-20(25)23-13-7-16(8-14-23)15-22-18(24)19(9-11-21-12-10-19)17-5-3-2-4-6-17/h2-6,16,21,25H,7-15H2,1H3,(H,22,24). The Morgan fingerprint density at radius 3 is 2.52 bits per heavy atom. The number of hydrogen-bond donors (Lipinski definition) is 3. The van der Waals surface area contributed by atoms with Gasteiger partial charge in [-0.05, 0) is 70.2 Å². The summed E-state index contributed by atoms with van der Waals surface area (Å²) in [7, 11) is -0.369. The first-order valence-corrected chi connectivity index (χ1v) is 9.58. The molecule has 2 aliphatic heterocycles. The molecule has 2 aliphatic rings. The molecule has 0 aromatic heterocycles. The quantitative estimate of drug-likeness (QED) is 0.704. The summed E-state index contributed by atoms with van der Waals surface area (Å²) in [5, 5.41) is 16.3. The third-order valence-corrected chi connectivity index (χ3v) is 5.95. The second kappa shape index (κ2) is 8.34. The molecule has 0 saturated carbocycles. The van der Waals surface area contributed by atoms with Crippen molar-refractivity contribution in [3.63, 3.8) is 0 Å². The van der Waals surface area contributed by atoms with Gasteiger partial charge in [0.15, 0.2) is 0 Å². The molecule has 1 amide bonds. The van der Waals surface area contributed by atoms with Gasteiger partial charge >= 0.3 is 7.05 Å². The van der Waals surface area contributed by atoms with Crippen molar-refractivity contribution >= 4 is 13.0 Å². The van der Waals surface area contributed by atoms with Gasteiger partial charge in [0, 0.05) is 6.54 Å². The number of carbonyl (C=O) groups excluding carboxylic acids is 1. The number of nitrogens with one attached hydrogen (secondary N) is 2. The number of nitrogens with zero attached hydrogens (tertiary/aromatic N) is 1. The molecule has 1 aromatic carbocycles. The molecule has 0 atom stereocenters. The molecule has 6 heteroatoms. The molecule has 3 N–H and O–H groups in total. The van der Waals surface area contributed by atoms with Crippen molar-refractivity contribution in [1.29, 1.82) is 0 Å². The van der Waals surface area contributed by atoms with E-state index in [1.165, 1.54) is 0 Å². The Bertz CT molecular complexity index is 553. The van der Waals surface area contributed by atoms with Crippen molar-refractivity contribution in [3.8, 4) is 0 Å². The van der Waals surface area contributed by atoms with Crippen LogP contribution in [0.15, 0.2) is 30.3 Å². The largest absolute Gasteiger partial charge is 0.437 e. The van der Waals surface area contributed by atoms with Crippen LogP contribution in [0.5, 0.6) is 0 Å². The zero-order valence-electron chi connectivity index (χ0n) is 15.2. The minimum absolute atomic E-state index is 0.179. The maximum Gasteiger partial charge on any atom is 0.376 e. The van der Waals surface area contributed by atoms with Crippen molar-refractivity contribution in [3.05, 3.63) is 35.9 Å². The molecule has 2 fully saturated rings. The third kappa shape index (κ3) is 4.25. The van der Waals surface area contributed by atoms with Crippen LogP contribution >= 0.6 is 0 Å². The van der Waals surface area contributed by atoms with Gasteiger partial charge in [0.05, 0.1) is 5.41 Å². The second-order valence-corrected chi connectivity index (χ2v) is 7.52. The van der Waals surface area contributed by atoms with Crippen molar-refractivity contribution < 1.29 is 9.82 Å². The predicted octanol–water partition coefficient (Wildman–Crippen LogP) is 1.25. The smallest absolute Gasteiger partial charge is 0.376 e. The summed E-state index contributed by atoms with van der Waals surface area (Å²) in [6, 6.07) is 10.2. The van der Waals surface area contributed by atoms with Gasteiger partial charge in [-0.15, -0.1) is 0 Å². The molecule has 3 rings (SSSR count). The van der Waals surface area contributed by atoms with Crippen LogP contribution in [0, 0.1) is 5.92 Å². The fourth-order valence-electron chi connectivity index (χ4n) is 4.19. The average molecular weight is 343 g/mol. The van der Waals surface area contributed by atoms with Crippen molar-refractivity contribution in [2.45, 2.75) is 37.9 Å². The first kappa shape index (κ1) is 18.4. The SMILES string of the molecule is CB(O)N1CCC(CNC(=O)C2(c3ccccc3)CCNCC2)CC1. The molecule has 0 spiro atoms. The minimum Gasteiger partial charge on any atom is -0.437 e. The Morgan fingerprint density at radius 2 is 1.92 bits per heavy atom. The second-order valence-electron chi connectivity index (χ2n) is 7.52.